The number of likely N-dealkylation sites (tertiary alicyclic amines) is 1. The summed E-state index contributed by atoms with van der Waals surface area (Å²) in [6.07, 6.45) is 3.06. The van der Waals surface area contributed by atoms with Gasteiger partial charge >= 0.3 is 0 Å². The lowest BCUT2D eigenvalue weighted by Crippen LogP contribution is -2.50. The van der Waals surface area contributed by atoms with Crippen LogP contribution in [-0.4, -0.2) is 63.4 Å². The summed E-state index contributed by atoms with van der Waals surface area (Å²) in [5, 5.41) is 0. The molecule has 1 fully saturated rings. The molecule has 7 heteroatoms. The third kappa shape index (κ3) is 5.30. The van der Waals surface area contributed by atoms with Crippen LogP contribution < -0.4 is 19.3 Å². The van der Waals surface area contributed by atoms with Crippen LogP contribution in [-0.2, 0) is 0 Å². The van der Waals surface area contributed by atoms with E-state index in [0.717, 1.165) is 57.9 Å². The molecule has 0 radical (unpaired) electrons. The number of para-hydroxylation sites is 1. The van der Waals surface area contributed by atoms with Crippen LogP contribution in [0.15, 0.2) is 66.7 Å². The summed E-state index contributed by atoms with van der Waals surface area (Å²) in [6.45, 7) is 7.51. The standard InChI is InChI=1S/C31H35F2N3O2/c32-23-6-10-25(11-7-23)37-20-2-15-34-17-14-29-28(22-34)27-4-1-5-30-31(27)36(29)19-18-35(30)16-3-21-38-26-12-8-24(33)9-13-26/h1,4-13,28-29H,2-3,14-22H2. The minimum atomic E-state index is -0.243. The molecule has 3 heterocycles. The van der Waals surface area contributed by atoms with E-state index in [2.05, 4.69) is 32.9 Å². The normalized spacial score (nSPS) is 20.3. The zero-order valence-electron chi connectivity index (χ0n) is 21.7. The minimum absolute atomic E-state index is 0.239. The first-order chi connectivity index (χ1) is 18.7. The zero-order chi connectivity index (χ0) is 25.9. The van der Waals surface area contributed by atoms with Crippen LogP contribution in [0.5, 0.6) is 11.5 Å². The molecule has 3 aliphatic rings. The molecule has 38 heavy (non-hydrogen) atoms. The number of rotatable bonds is 10. The minimum Gasteiger partial charge on any atom is -0.494 e. The van der Waals surface area contributed by atoms with Gasteiger partial charge < -0.3 is 24.2 Å². The van der Waals surface area contributed by atoms with Gasteiger partial charge in [0.15, 0.2) is 0 Å². The van der Waals surface area contributed by atoms with Crippen LogP contribution in [0.1, 0.15) is 30.7 Å². The van der Waals surface area contributed by atoms with Gasteiger partial charge in [-0.2, -0.15) is 0 Å². The first-order valence-corrected chi connectivity index (χ1v) is 13.8. The monoisotopic (exact) mass is 519 g/mol. The van der Waals surface area contributed by atoms with Crippen molar-refractivity contribution in [3.63, 3.8) is 0 Å². The van der Waals surface area contributed by atoms with E-state index in [1.54, 1.807) is 24.3 Å². The Kier molecular flexibility index (Phi) is 7.36. The molecule has 3 aromatic rings. The molecule has 1 saturated heterocycles. The maximum Gasteiger partial charge on any atom is 0.123 e. The number of nitrogens with zero attached hydrogens (tertiary/aromatic N) is 3. The highest BCUT2D eigenvalue weighted by atomic mass is 19.1. The molecular formula is C31H35F2N3O2. The summed E-state index contributed by atoms with van der Waals surface area (Å²) < 4.78 is 37.8. The molecule has 0 aliphatic carbocycles. The molecule has 2 atom stereocenters. The van der Waals surface area contributed by atoms with E-state index >= 15 is 0 Å². The second-order valence-electron chi connectivity index (χ2n) is 10.5. The average molecular weight is 520 g/mol. The fraction of sp³-hybridized carbons (Fsp3) is 0.419. The highest BCUT2D eigenvalue weighted by Crippen LogP contribution is 2.50. The Labute approximate surface area is 223 Å². The van der Waals surface area contributed by atoms with Gasteiger partial charge in [0.2, 0.25) is 0 Å². The van der Waals surface area contributed by atoms with Crippen LogP contribution >= 0.6 is 0 Å². The van der Waals surface area contributed by atoms with E-state index < -0.39 is 0 Å². The van der Waals surface area contributed by atoms with Crippen molar-refractivity contribution < 1.29 is 18.3 Å². The number of benzene rings is 3. The molecule has 0 aromatic heterocycles. The van der Waals surface area contributed by atoms with Crippen molar-refractivity contribution in [2.24, 2.45) is 0 Å². The lowest BCUT2D eigenvalue weighted by atomic mass is 9.89. The average Bonchev–Trinajstić information content (AvgIpc) is 3.26. The number of piperidine rings is 1. The summed E-state index contributed by atoms with van der Waals surface area (Å²) in [7, 11) is 0. The largest absolute Gasteiger partial charge is 0.494 e. The molecular weight excluding hydrogens is 484 g/mol. The van der Waals surface area contributed by atoms with Crippen LogP contribution in [0.2, 0.25) is 0 Å². The Morgan fingerprint density at radius 2 is 1.39 bits per heavy atom. The summed E-state index contributed by atoms with van der Waals surface area (Å²) in [5.41, 5.74) is 4.28. The molecule has 0 N–H and O–H groups in total. The summed E-state index contributed by atoms with van der Waals surface area (Å²) in [5.74, 6) is 1.50. The number of hydrogen-bond acceptors (Lipinski definition) is 5. The van der Waals surface area contributed by atoms with Gasteiger partial charge in [-0.3, -0.25) is 0 Å². The zero-order valence-corrected chi connectivity index (χ0v) is 21.7. The third-order valence-electron chi connectivity index (χ3n) is 8.10. The van der Waals surface area contributed by atoms with Crippen molar-refractivity contribution >= 4 is 11.4 Å². The highest BCUT2D eigenvalue weighted by molar-refractivity contribution is 5.81. The van der Waals surface area contributed by atoms with Crippen LogP contribution in [0.3, 0.4) is 0 Å². The quantitative estimate of drug-likeness (QED) is 0.321. The van der Waals surface area contributed by atoms with E-state index in [0.29, 0.717) is 30.9 Å². The Balaban J connectivity index is 1.03. The number of halogens is 2. The molecule has 5 nitrogen and oxygen atoms in total. The van der Waals surface area contributed by atoms with Gasteiger partial charge in [-0.15, -0.1) is 0 Å². The van der Waals surface area contributed by atoms with Crippen molar-refractivity contribution in [1.29, 1.82) is 0 Å². The number of anilines is 2. The first-order valence-electron chi connectivity index (χ1n) is 13.8. The summed E-state index contributed by atoms with van der Waals surface area (Å²) in [6, 6.07) is 19.9. The Morgan fingerprint density at radius 3 is 2.08 bits per heavy atom. The summed E-state index contributed by atoms with van der Waals surface area (Å²) >= 11 is 0. The molecule has 0 saturated carbocycles. The van der Waals surface area contributed by atoms with Gasteiger partial charge in [0.1, 0.15) is 23.1 Å². The van der Waals surface area contributed by atoms with E-state index in [-0.39, 0.29) is 11.6 Å². The van der Waals surface area contributed by atoms with Gasteiger partial charge in [0, 0.05) is 51.2 Å². The van der Waals surface area contributed by atoms with Crippen molar-refractivity contribution in [2.45, 2.75) is 31.2 Å². The number of hydrogen-bond donors (Lipinski definition) is 0. The molecule has 0 amide bonds. The first kappa shape index (κ1) is 25.0. The Hall–Kier alpha value is -3.32. The number of fused-ring (bicyclic) bond motifs is 3. The second-order valence-corrected chi connectivity index (χ2v) is 10.5. The molecule has 0 bridgehead atoms. The molecule has 3 aliphatic heterocycles. The van der Waals surface area contributed by atoms with Gasteiger partial charge in [-0.1, -0.05) is 12.1 Å². The Bertz CT molecular complexity index is 1220. The van der Waals surface area contributed by atoms with E-state index in [1.165, 1.54) is 47.6 Å². The fourth-order valence-electron chi connectivity index (χ4n) is 6.31. The highest BCUT2D eigenvalue weighted by Gasteiger charge is 2.44. The lowest BCUT2D eigenvalue weighted by molar-refractivity contribution is 0.178. The predicted octanol–water partition coefficient (Wildman–Crippen LogP) is 5.70. The van der Waals surface area contributed by atoms with Gasteiger partial charge in [0.05, 0.1) is 24.6 Å². The smallest absolute Gasteiger partial charge is 0.123 e. The van der Waals surface area contributed by atoms with Crippen molar-refractivity contribution in [2.75, 3.05) is 62.3 Å². The van der Waals surface area contributed by atoms with Crippen molar-refractivity contribution in [1.82, 2.24) is 4.90 Å². The molecule has 0 spiro atoms. The van der Waals surface area contributed by atoms with E-state index in [4.69, 9.17) is 9.47 Å². The third-order valence-corrected chi connectivity index (χ3v) is 8.10. The van der Waals surface area contributed by atoms with E-state index in [9.17, 15) is 8.78 Å². The molecule has 200 valence electrons. The second kappa shape index (κ2) is 11.2. The lowest BCUT2D eigenvalue weighted by Gasteiger charge is -2.42. The van der Waals surface area contributed by atoms with Gasteiger partial charge in [-0.25, -0.2) is 8.78 Å². The van der Waals surface area contributed by atoms with Crippen LogP contribution in [0.4, 0.5) is 20.2 Å². The topological polar surface area (TPSA) is 28.2 Å². The van der Waals surface area contributed by atoms with Gasteiger partial charge in [0.25, 0.3) is 0 Å². The predicted molar refractivity (Wildman–Crippen MR) is 147 cm³/mol. The number of ether oxygens (including phenoxy) is 2. The van der Waals surface area contributed by atoms with E-state index in [1.807, 2.05) is 0 Å². The summed E-state index contributed by atoms with van der Waals surface area (Å²) in [4.78, 5) is 7.76. The molecule has 3 aromatic carbocycles. The molecule has 2 unspecified atom stereocenters. The maximum absolute atomic E-state index is 13.1. The Morgan fingerprint density at radius 1 is 0.737 bits per heavy atom. The fourth-order valence-corrected chi connectivity index (χ4v) is 6.31. The van der Waals surface area contributed by atoms with Crippen molar-refractivity contribution in [3.8, 4) is 11.5 Å². The van der Waals surface area contributed by atoms with Gasteiger partial charge in [-0.05, 0) is 79.4 Å². The maximum atomic E-state index is 13.1. The SMILES string of the molecule is Fc1ccc(OCCCN2CCC3C(C2)c2cccc4c2N3CCN4CCCOc2ccc(F)cc2)cc1. The molecule has 6 rings (SSSR count). The van der Waals surface area contributed by atoms with Crippen molar-refractivity contribution in [3.05, 3.63) is 83.9 Å². The van der Waals surface area contributed by atoms with Crippen LogP contribution in [0, 0.1) is 11.6 Å². The van der Waals surface area contributed by atoms with Crippen LogP contribution in [0.25, 0.3) is 0 Å².